The average Bonchev–Trinajstić information content (AvgIpc) is 2.77. The Morgan fingerprint density at radius 3 is 2.95 bits per heavy atom. The molecule has 0 N–H and O–H groups in total. The first-order chi connectivity index (χ1) is 9.29. The molecule has 1 aromatic heterocycles. The van der Waals surface area contributed by atoms with Gasteiger partial charge in [0.1, 0.15) is 12.7 Å². The highest BCUT2D eigenvalue weighted by molar-refractivity contribution is 5.08. The monoisotopic (exact) mass is 266 g/mol. The van der Waals surface area contributed by atoms with Crippen LogP contribution in [0, 0.1) is 6.92 Å². The molecule has 1 aliphatic rings. The smallest absolute Gasteiger partial charge is 0.296 e. The van der Waals surface area contributed by atoms with Gasteiger partial charge in [-0.1, -0.05) is 39.0 Å². The average molecular weight is 266 g/mol. The number of unbranched alkanes of at least 4 members (excludes halogenated alkanes) is 5. The number of hydrogen-bond donors (Lipinski definition) is 0. The van der Waals surface area contributed by atoms with Crippen molar-refractivity contribution < 1.29 is 9.47 Å². The van der Waals surface area contributed by atoms with Crippen LogP contribution in [0.3, 0.4) is 0 Å². The Kier molecular flexibility index (Phi) is 5.70. The first kappa shape index (κ1) is 14.4. The standard InChI is InChI=1S/C15H26N2O2/c1-3-4-5-6-7-8-9-18-14-11-17-10-13(2)16-15(17)19-12-14/h10,14H,3-9,11-12H2,1-2H3. The third kappa shape index (κ3) is 4.53. The van der Waals surface area contributed by atoms with Crippen molar-refractivity contribution in [2.24, 2.45) is 0 Å². The second-order valence-corrected chi connectivity index (χ2v) is 5.39. The summed E-state index contributed by atoms with van der Waals surface area (Å²) in [4.78, 5) is 4.31. The molecule has 1 aliphatic heterocycles. The SMILES string of the molecule is CCCCCCCCOC1COc2nc(C)cn2C1. The lowest BCUT2D eigenvalue weighted by atomic mass is 10.1. The molecule has 0 spiro atoms. The number of aryl methyl sites for hydroxylation is 1. The van der Waals surface area contributed by atoms with Gasteiger partial charge in [0.2, 0.25) is 0 Å². The fourth-order valence-electron chi connectivity index (χ4n) is 2.44. The fraction of sp³-hybridized carbons (Fsp3) is 0.800. The normalized spacial score (nSPS) is 18.1. The molecular weight excluding hydrogens is 240 g/mol. The van der Waals surface area contributed by atoms with Crippen LogP contribution in [0.2, 0.25) is 0 Å². The zero-order valence-electron chi connectivity index (χ0n) is 12.2. The van der Waals surface area contributed by atoms with E-state index in [1.807, 2.05) is 17.7 Å². The molecular formula is C15H26N2O2. The number of ether oxygens (including phenoxy) is 2. The lowest BCUT2D eigenvalue weighted by Crippen LogP contribution is -2.32. The summed E-state index contributed by atoms with van der Waals surface area (Å²) >= 11 is 0. The van der Waals surface area contributed by atoms with Crippen LogP contribution in [0.1, 0.15) is 51.1 Å². The summed E-state index contributed by atoms with van der Waals surface area (Å²) in [7, 11) is 0. The van der Waals surface area contributed by atoms with Gasteiger partial charge in [-0.05, 0) is 13.3 Å². The molecule has 0 bridgehead atoms. The second kappa shape index (κ2) is 7.53. The maximum Gasteiger partial charge on any atom is 0.296 e. The number of hydrogen-bond acceptors (Lipinski definition) is 3. The van der Waals surface area contributed by atoms with E-state index in [0.29, 0.717) is 6.61 Å². The van der Waals surface area contributed by atoms with Crippen molar-refractivity contribution in [1.82, 2.24) is 9.55 Å². The molecule has 1 atom stereocenters. The Balaban J connectivity index is 1.58. The van der Waals surface area contributed by atoms with Crippen molar-refractivity contribution in [3.8, 4) is 6.01 Å². The molecule has 2 rings (SSSR count). The van der Waals surface area contributed by atoms with E-state index in [-0.39, 0.29) is 6.10 Å². The van der Waals surface area contributed by atoms with Crippen molar-refractivity contribution >= 4 is 0 Å². The topological polar surface area (TPSA) is 36.3 Å². The molecule has 4 nitrogen and oxygen atoms in total. The van der Waals surface area contributed by atoms with E-state index < -0.39 is 0 Å². The first-order valence-corrected chi connectivity index (χ1v) is 7.57. The highest BCUT2D eigenvalue weighted by Crippen LogP contribution is 2.18. The second-order valence-electron chi connectivity index (χ2n) is 5.39. The third-order valence-electron chi connectivity index (χ3n) is 3.51. The van der Waals surface area contributed by atoms with Gasteiger partial charge in [0.15, 0.2) is 0 Å². The molecule has 19 heavy (non-hydrogen) atoms. The Morgan fingerprint density at radius 1 is 1.32 bits per heavy atom. The Bertz CT molecular complexity index is 376. The minimum atomic E-state index is 0.178. The van der Waals surface area contributed by atoms with E-state index in [4.69, 9.17) is 9.47 Å². The molecule has 0 radical (unpaired) electrons. The summed E-state index contributed by atoms with van der Waals surface area (Å²) in [6, 6.07) is 0.733. The maximum atomic E-state index is 5.88. The highest BCUT2D eigenvalue weighted by Gasteiger charge is 2.21. The molecule has 0 amide bonds. The van der Waals surface area contributed by atoms with Crippen molar-refractivity contribution in [2.75, 3.05) is 13.2 Å². The number of imidazole rings is 1. The van der Waals surface area contributed by atoms with Gasteiger partial charge in [-0.15, -0.1) is 0 Å². The van der Waals surface area contributed by atoms with Crippen molar-refractivity contribution in [3.63, 3.8) is 0 Å². The van der Waals surface area contributed by atoms with Crippen molar-refractivity contribution in [1.29, 1.82) is 0 Å². The van der Waals surface area contributed by atoms with Gasteiger partial charge in [-0.2, -0.15) is 0 Å². The van der Waals surface area contributed by atoms with Gasteiger partial charge >= 0.3 is 0 Å². The van der Waals surface area contributed by atoms with Crippen molar-refractivity contribution in [3.05, 3.63) is 11.9 Å². The van der Waals surface area contributed by atoms with E-state index in [2.05, 4.69) is 11.9 Å². The van der Waals surface area contributed by atoms with Crippen molar-refractivity contribution in [2.45, 2.75) is 65.0 Å². The zero-order chi connectivity index (χ0) is 13.5. The Labute approximate surface area is 116 Å². The van der Waals surface area contributed by atoms with Gasteiger partial charge in [-0.25, -0.2) is 4.98 Å². The van der Waals surface area contributed by atoms with Crippen LogP contribution in [-0.4, -0.2) is 28.9 Å². The molecule has 0 fully saturated rings. The third-order valence-corrected chi connectivity index (χ3v) is 3.51. The molecule has 4 heteroatoms. The van der Waals surface area contributed by atoms with E-state index in [1.54, 1.807) is 0 Å². The molecule has 0 aliphatic carbocycles. The number of nitrogens with zero attached hydrogens (tertiary/aromatic N) is 2. The van der Waals surface area contributed by atoms with Crippen LogP contribution in [0.25, 0.3) is 0 Å². The number of rotatable bonds is 8. The molecule has 1 unspecified atom stereocenters. The van der Waals surface area contributed by atoms with Crippen LogP contribution >= 0.6 is 0 Å². The van der Waals surface area contributed by atoms with E-state index >= 15 is 0 Å². The van der Waals surface area contributed by atoms with Crippen LogP contribution in [-0.2, 0) is 11.3 Å². The van der Waals surface area contributed by atoms with E-state index in [1.165, 1.54) is 32.1 Å². The summed E-state index contributed by atoms with van der Waals surface area (Å²) in [5.74, 6) is 0. The van der Waals surface area contributed by atoms with Gasteiger partial charge in [0.25, 0.3) is 6.01 Å². The number of fused-ring (bicyclic) bond motifs is 1. The minimum Gasteiger partial charge on any atom is -0.462 e. The van der Waals surface area contributed by atoms with Gasteiger partial charge in [0.05, 0.1) is 12.2 Å². The maximum absolute atomic E-state index is 5.88. The predicted octanol–water partition coefficient (Wildman–Crippen LogP) is 3.33. The molecule has 1 aromatic rings. The van der Waals surface area contributed by atoms with Crippen LogP contribution in [0.4, 0.5) is 0 Å². The van der Waals surface area contributed by atoms with Gasteiger partial charge in [0, 0.05) is 12.8 Å². The largest absolute Gasteiger partial charge is 0.462 e. The van der Waals surface area contributed by atoms with Crippen LogP contribution in [0.5, 0.6) is 6.01 Å². The summed E-state index contributed by atoms with van der Waals surface area (Å²) in [6.07, 6.45) is 10.0. The summed E-state index contributed by atoms with van der Waals surface area (Å²) < 4.78 is 13.5. The Morgan fingerprint density at radius 2 is 2.11 bits per heavy atom. The first-order valence-electron chi connectivity index (χ1n) is 7.57. The Hall–Kier alpha value is -1.03. The zero-order valence-corrected chi connectivity index (χ0v) is 12.2. The quantitative estimate of drug-likeness (QED) is 0.677. The summed E-state index contributed by atoms with van der Waals surface area (Å²) in [6.45, 7) is 6.58. The lowest BCUT2D eigenvalue weighted by molar-refractivity contribution is -0.0122. The molecule has 0 aromatic carbocycles. The van der Waals surface area contributed by atoms with E-state index in [9.17, 15) is 0 Å². The fourth-order valence-corrected chi connectivity index (χ4v) is 2.44. The van der Waals surface area contributed by atoms with Gasteiger partial charge in [-0.3, -0.25) is 4.57 Å². The summed E-state index contributed by atoms with van der Waals surface area (Å²) in [5.41, 5.74) is 1.01. The number of aromatic nitrogens is 2. The van der Waals surface area contributed by atoms with E-state index in [0.717, 1.165) is 31.3 Å². The molecule has 0 saturated heterocycles. The van der Waals surface area contributed by atoms with Gasteiger partial charge < -0.3 is 9.47 Å². The van der Waals surface area contributed by atoms with Crippen LogP contribution < -0.4 is 4.74 Å². The molecule has 0 saturated carbocycles. The lowest BCUT2D eigenvalue weighted by Gasteiger charge is -2.24. The minimum absolute atomic E-state index is 0.178. The predicted molar refractivity (Wildman–Crippen MR) is 75.6 cm³/mol. The molecule has 108 valence electrons. The summed E-state index contributed by atoms with van der Waals surface area (Å²) in [5, 5.41) is 0. The van der Waals surface area contributed by atoms with Crippen LogP contribution in [0.15, 0.2) is 6.20 Å². The highest BCUT2D eigenvalue weighted by atomic mass is 16.5. The molecule has 2 heterocycles.